The second-order valence-corrected chi connectivity index (χ2v) is 11.8. The molecule has 9 heteroatoms. The number of nitrogens with two attached hydrogens (primary N) is 1. The zero-order valence-electron chi connectivity index (χ0n) is 23.4. The number of rotatable bonds is 9. The molecule has 3 aromatic rings. The van der Waals surface area contributed by atoms with Crippen molar-refractivity contribution in [3.63, 3.8) is 0 Å². The third-order valence-electron chi connectivity index (χ3n) is 7.28. The van der Waals surface area contributed by atoms with E-state index in [-0.39, 0.29) is 11.6 Å². The SMILES string of the molecule is COCC/C(N)=N/Sc1ccccc1NC(C)c1cc(C)cc2c(=O)n(C)c(N3CCC(C)(C)CC3)nc12. The highest BCUT2D eigenvalue weighted by Gasteiger charge is 2.28. The first-order chi connectivity index (χ1) is 18.1. The van der Waals surface area contributed by atoms with Crippen molar-refractivity contribution in [1.29, 1.82) is 0 Å². The van der Waals surface area contributed by atoms with Crippen molar-refractivity contribution >= 4 is 40.3 Å². The van der Waals surface area contributed by atoms with E-state index < -0.39 is 0 Å². The quantitative estimate of drug-likeness (QED) is 0.213. The summed E-state index contributed by atoms with van der Waals surface area (Å²) in [6.07, 6.45) is 2.74. The van der Waals surface area contributed by atoms with Gasteiger partial charge < -0.3 is 20.7 Å². The van der Waals surface area contributed by atoms with E-state index >= 15 is 0 Å². The Morgan fingerprint density at radius 2 is 1.97 bits per heavy atom. The van der Waals surface area contributed by atoms with Crippen LogP contribution in [0.4, 0.5) is 11.6 Å². The van der Waals surface area contributed by atoms with Crippen LogP contribution < -0.4 is 21.5 Å². The van der Waals surface area contributed by atoms with E-state index in [2.05, 4.69) is 41.5 Å². The number of piperidine rings is 1. The summed E-state index contributed by atoms with van der Waals surface area (Å²) in [4.78, 5) is 21.9. The molecule has 4 rings (SSSR count). The molecule has 0 saturated carbocycles. The van der Waals surface area contributed by atoms with Gasteiger partial charge in [0, 0.05) is 51.2 Å². The molecule has 204 valence electrons. The number of ether oxygens (including phenoxy) is 1. The normalized spacial score (nSPS) is 16.6. The first-order valence-electron chi connectivity index (χ1n) is 13.2. The fourth-order valence-electron chi connectivity index (χ4n) is 4.80. The third kappa shape index (κ3) is 6.32. The second kappa shape index (κ2) is 11.8. The Hall–Kier alpha value is -3.04. The van der Waals surface area contributed by atoms with E-state index in [4.69, 9.17) is 15.5 Å². The molecule has 8 nitrogen and oxygen atoms in total. The summed E-state index contributed by atoms with van der Waals surface area (Å²) >= 11 is 1.34. The smallest absolute Gasteiger partial charge is 0.262 e. The molecule has 0 bridgehead atoms. The number of anilines is 2. The van der Waals surface area contributed by atoms with Gasteiger partial charge in [0.25, 0.3) is 5.56 Å². The Kier molecular flexibility index (Phi) is 8.67. The molecule has 1 fully saturated rings. The largest absolute Gasteiger partial charge is 0.387 e. The van der Waals surface area contributed by atoms with E-state index in [1.165, 1.54) is 11.9 Å². The molecule has 0 radical (unpaired) electrons. The highest BCUT2D eigenvalue weighted by Crippen LogP contribution is 2.34. The topological polar surface area (TPSA) is 97.8 Å². The summed E-state index contributed by atoms with van der Waals surface area (Å²) in [5.74, 6) is 1.28. The number of nitrogens with one attached hydrogen (secondary N) is 1. The molecule has 2 aromatic carbocycles. The van der Waals surface area contributed by atoms with E-state index in [0.29, 0.717) is 29.7 Å². The monoisotopic (exact) mass is 536 g/mol. The molecule has 0 amide bonds. The predicted octanol–water partition coefficient (Wildman–Crippen LogP) is 5.44. The van der Waals surface area contributed by atoms with Crippen molar-refractivity contribution in [3.8, 4) is 0 Å². The van der Waals surface area contributed by atoms with Crippen molar-refractivity contribution < 1.29 is 4.74 Å². The number of hydrogen-bond acceptors (Lipinski definition) is 7. The van der Waals surface area contributed by atoms with Gasteiger partial charge in [0.2, 0.25) is 5.95 Å². The average Bonchev–Trinajstić information content (AvgIpc) is 2.89. The van der Waals surface area contributed by atoms with Gasteiger partial charge >= 0.3 is 0 Å². The Morgan fingerprint density at radius 3 is 2.68 bits per heavy atom. The van der Waals surface area contributed by atoms with Crippen LogP contribution in [0, 0.1) is 12.3 Å². The highest BCUT2D eigenvalue weighted by atomic mass is 32.2. The van der Waals surface area contributed by atoms with Crippen LogP contribution in [-0.4, -0.2) is 42.2 Å². The lowest BCUT2D eigenvalue weighted by atomic mass is 9.83. The van der Waals surface area contributed by atoms with E-state index in [0.717, 1.165) is 59.1 Å². The van der Waals surface area contributed by atoms with Gasteiger partial charge in [-0.2, -0.15) is 4.40 Å². The van der Waals surface area contributed by atoms with Crippen LogP contribution in [-0.2, 0) is 11.8 Å². The maximum Gasteiger partial charge on any atom is 0.262 e. The number of aryl methyl sites for hydroxylation is 1. The summed E-state index contributed by atoms with van der Waals surface area (Å²) in [6, 6.07) is 12.0. The number of aromatic nitrogens is 2. The zero-order valence-corrected chi connectivity index (χ0v) is 24.2. The van der Waals surface area contributed by atoms with Crippen molar-refractivity contribution in [2.75, 3.05) is 37.0 Å². The molecule has 1 saturated heterocycles. The fourth-order valence-corrected chi connectivity index (χ4v) is 5.47. The number of para-hydroxylation sites is 1. The van der Waals surface area contributed by atoms with Gasteiger partial charge in [-0.3, -0.25) is 9.36 Å². The number of amidine groups is 1. The molecule has 38 heavy (non-hydrogen) atoms. The Labute approximate surface area is 229 Å². The molecule has 1 aliphatic rings. The molecule has 1 atom stereocenters. The summed E-state index contributed by atoms with van der Waals surface area (Å²) < 4.78 is 11.3. The maximum absolute atomic E-state index is 13.5. The number of nitrogens with zero attached hydrogens (tertiary/aromatic N) is 4. The number of methoxy groups -OCH3 is 1. The molecule has 1 aromatic heterocycles. The lowest BCUT2D eigenvalue weighted by molar-refractivity contribution is 0.207. The average molecular weight is 537 g/mol. The third-order valence-corrected chi connectivity index (χ3v) is 8.16. The molecular formula is C29H40N6O2S. The zero-order chi connectivity index (χ0) is 27.4. The maximum atomic E-state index is 13.5. The van der Waals surface area contributed by atoms with Crippen LogP contribution in [0.15, 0.2) is 50.5 Å². The van der Waals surface area contributed by atoms with Gasteiger partial charge in [-0.15, -0.1) is 0 Å². The van der Waals surface area contributed by atoms with Gasteiger partial charge in [0.15, 0.2) is 0 Å². The lowest BCUT2D eigenvalue weighted by Crippen LogP contribution is -2.40. The number of fused-ring (bicyclic) bond motifs is 1. The first kappa shape index (κ1) is 28.0. The predicted molar refractivity (Wildman–Crippen MR) is 159 cm³/mol. The van der Waals surface area contributed by atoms with Crippen LogP contribution in [0.3, 0.4) is 0 Å². The van der Waals surface area contributed by atoms with Gasteiger partial charge in [-0.05, 0) is 55.9 Å². The molecule has 1 aliphatic heterocycles. The minimum absolute atomic E-state index is 0.0104. The van der Waals surface area contributed by atoms with Crippen LogP contribution >= 0.6 is 11.9 Å². The van der Waals surface area contributed by atoms with Crippen LogP contribution in [0.1, 0.15) is 57.2 Å². The molecular weight excluding hydrogens is 496 g/mol. The number of hydrogen-bond donors (Lipinski definition) is 2. The van der Waals surface area contributed by atoms with E-state index in [9.17, 15) is 4.79 Å². The van der Waals surface area contributed by atoms with Gasteiger partial charge in [-0.1, -0.05) is 32.0 Å². The first-order valence-corrected chi connectivity index (χ1v) is 14.0. The van der Waals surface area contributed by atoms with Crippen molar-refractivity contribution in [2.45, 2.75) is 57.9 Å². The Morgan fingerprint density at radius 1 is 1.26 bits per heavy atom. The molecule has 0 spiro atoms. The van der Waals surface area contributed by atoms with Crippen molar-refractivity contribution in [1.82, 2.24) is 9.55 Å². The van der Waals surface area contributed by atoms with Crippen LogP contribution in [0.2, 0.25) is 0 Å². The summed E-state index contributed by atoms with van der Waals surface area (Å²) in [6.45, 7) is 11.1. The number of benzene rings is 2. The van der Waals surface area contributed by atoms with Crippen LogP contribution in [0.5, 0.6) is 0 Å². The van der Waals surface area contributed by atoms with Gasteiger partial charge in [0.05, 0.1) is 34.1 Å². The Balaban J connectivity index is 1.68. The van der Waals surface area contributed by atoms with E-state index in [1.807, 2.05) is 44.3 Å². The lowest BCUT2D eigenvalue weighted by Gasteiger charge is -2.38. The van der Waals surface area contributed by atoms with Crippen LogP contribution in [0.25, 0.3) is 10.9 Å². The Bertz CT molecular complexity index is 1370. The van der Waals surface area contributed by atoms with Gasteiger partial charge in [0.1, 0.15) is 5.84 Å². The van der Waals surface area contributed by atoms with Gasteiger partial charge in [-0.25, -0.2) is 4.98 Å². The molecule has 0 aliphatic carbocycles. The standard InChI is InChI=1S/C29H40N6O2S/c1-19-17-21(20(2)31-23-9-7-8-10-24(23)38-33-25(30)11-16-37-6)26-22(18-19)27(36)34(5)28(32-26)35-14-12-29(3,4)13-15-35/h7-10,17-18,20,31H,11-16H2,1-6H3,(H2,30,33). The minimum atomic E-state index is -0.0956. The summed E-state index contributed by atoms with van der Waals surface area (Å²) in [5.41, 5.74) is 10.1. The second-order valence-electron chi connectivity index (χ2n) is 11.0. The fraction of sp³-hybridized carbons (Fsp3) is 0.483. The summed E-state index contributed by atoms with van der Waals surface area (Å²) in [7, 11) is 3.48. The summed E-state index contributed by atoms with van der Waals surface area (Å²) in [5, 5.41) is 4.29. The minimum Gasteiger partial charge on any atom is -0.387 e. The molecule has 3 N–H and O–H groups in total. The van der Waals surface area contributed by atoms with Crippen molar-refractivity contribution in [2.24, 2.45) is 22.6 Å². The van der Waals surface area contributed by atoms with Crippen molar-refractivity contribution in [3.05, 3.63) is 57.9 Å². The highest BCUT2D eigenvalue weighted by molar-refractivity contribution is 7.98. The molecule has 1 unspecified atom stereocenters. The van der Waals surface area contributed by atoms with E-state index in [1.54, 1.807) is 11.7 Å². The molecule has 2 heterocycles.